The molecule has 1 aromatic heterocycles. The first kappa shape index (κ1) is 16.1. The van der Waals surface area contributed by atoms with Gasteiger partial charge in [0.1, 0.15) is 9.09 Å². The topological polar surface area (TPSA) is 86.7 Å². The molecule has 0 aromatic carbocycles. The second kappa shape index (κ2) is 6.00. The number of aryl methyl sites for hydroxylation is 1. The fraction of sp³-hybridized carbons (Fsp3) is 0.545. The van der Waals surface area contributed by atoms with Crippen molar-refractivity contribution in [3.8, 4) is 0 Å². The van der Waals surface area contributed by atoms with Crippen molar-refractivity contribution < 1.29 is 18.3 Å². The molecule has 1 unspecified atom stereocenters. The zero-order valence-corrected chi connectivity index (χ0v) is 12.9. The van der Waals surface area contributed by atoms with Crippen LogP contribution in [0, 0.1) is 6.92 Å². The van der Waals surface area contributed by atoms with Crippen LogP contribution in [-0.2, 0) is 10.0 Å². The summed E-state index contributed by atoms with van der Waals surface area (Å²) >= 11 is 0.771. The van der Waals surface area contributed by atoms with Crippen LogP contribution in [0.2, 0.25) is 0 Å². The van der Waals surface area contributed by atoms with E-state index in [1.165, 1.54) is 6.07 Å². The van der Waals surface area contributed by atoms with Gasteiger partial charge >= 0.3 is 5.97 Å². The lowest BCUT2D eigenvalue weighted by Crippen LogP contribution is -2.37. The summed E-state index contributed by atoms with van der Waals surface area (Å²) in [6, 6.07) is 1.44. The number of aromatic carboxylic acids is 1. The highest BCUT2D eigenvalue weighted by Gasteiger charge is 2.22. The molecule has 1 rings (SSSR count). The first-order valence-electron chi connectivity index (χ1n) is 5.65. The van der Waals surface area contributed by atoms with Crippen LogP contribution >= 0.6 is 11.3 Å². The van der Waals surface area contributed by atoms with Crippen molar-refractivity contribution in [3.05, 3.63) is 16.5 Å². The third kappa shape index (κ3) is 4.00. The highest BCUT2D eigenvalue weighted by molar-refractivity contribution is 7.91. The molecule has 0 amide bonds. The highest BCUT2D eigenvalue weighted by Crippen LogP contribution is 2.25. The molecule has 0 spiro atoms. The Hall–Kier alpha value is -0.960. The molecule has 0 bridgehead atoms. The van der Waals surface area contributed by atoms with E-state index in [2.05, 4.69) is 4.72 Å². The molecule has 8 heteroatoms. The maximum absolute atomic E-state index is 12.0. The van der Waals surface area contributed by atoms with E-state index in [9.17, 15) is 13.2 Å². The third-order valence-electron chi connectivity index (χ3n) is 2.80. The smallest absolute Gasteiger partial charge is 0.346 e. The summed E-state index contributed by atoms with van der Waals surface area (Å²) in [6.07, 6.45) is 0. The number of nitrogens with zero attached hydrogens (tertiary/aromatic N) is 1. The first-order valence-corrected chi connectivity index (χ1v) is 7.95. The van der Waals surface area contributed by atoms with Gasteiger partial charge in [-0.25, -0.2) is 17.9 Å². The Morgan fingerprint density at radius 1 is 1.53 bits per heavy atom. The molecule has 0 fully saturated rings. The quantitative estimate of drug-likeness (QED) is 0.818. The number of carboxylic acids is 1. The van der Waals surface area contributed by atoms with Gasteiger partial charge in [-0.05, 0) is 39.6 Å². The lowest BCUT2D eigenvalue weighted by atomic mass is 10.3. The Bertz CT molecular complexity index is 563. The number of rotatable bonds is 6. The van der Waals surface area contributed by atoms with Crippen LogP contribution in [0.15, 0.2) is 10.3 Å². The third-order valence-corrected chi connectivity index (χ3v) is 5.93. The number of hydrogen-bond acceptors (Lipinski definition) is 5. The minimum Gasteiger partial charge on any atom is -0.477 e. The van der Waals surface area contributed by atoms with Gasteiger partial charge < -0.3 is 10.0 Å². The number of nitrogens with one attached hydrogen (secondary N) is 1. The van der Waals surface area contributed by atoms with Crippen LogP contribution < -0.4 is 4.72 Å². The lowest BCUT2D eigenvalue weighted by Gasteiger charge is -2.19. The first-order chi connectivity index (χ1) is 8.65. The minimum absolute atomic E-state index is 0.0355. The molecule has 0 aliphatic heterocycles. The number of carboxylic acid groups (broad SMARTS) is 1. The van der Waals surface area contributed by atoms with Crippen LogP contribution in [0.3, 0.4) is 0 Å². The fourth-order valence-corrected chi connectivity index (χ4v) is 3.83. The van der Waals surface area contributed by atoms with Crippen molar-refractivity contribution in [1.82, 2.24) is 9.62 Å². The Balaban J connectivity index is 2.89. The molecule has 0 radical (unpaired) electrons. The van der Waals surface area contributed by atoms with Gasteiger partial charge in [-0.15, -0.1) is 11.3 Å². The average Bonchev–Trinajstić information content (AvgIpc) is 2.69. The summed E-state index contributed by atoms with van der Waals surface area (Å²) in [5.74, 6) is -1.11. The molecule has 0 saturated heterocycles. The van der Waals surface area contributed by atoms with Gasteiger partial charge in [0.25, 0.3) is 0 Å². The van der Waals surface area contributed by atoms with E-state index in [0.29, 0.717) is 5.56 Å². The minimum atomic E-state index is -3.65. The van der Waals surface area contributed by atoms with Gasteiger partial charge in [0.15, 0.2) is 0 Å². The summed E-state index contributed by atoms with van der Waals surface area (Å²) in [7, 11) is 0.0703. The second-order valence-corrected chi connectivity index (χ2v) is 7.59. The van der Waals surface area contributed by atoms with Gasteiger partial charge in [0.2, 0.25) is 10.0 Å². The number of carbonyl (C=O) groups is 1. The van der Waals surface area contributed by atoms with Crippen LogP contribution in [0.5, 0.6) is 0 Å². The van der Waals surface area contributed by atoms with Gasteiger partial charge in [-0.1, -0.05) is 0 Å². The summed E-state index contributed by atoms with van der Waals surface area (Å²) in [4.78, 5) is 12.9. The van der Waals surface area contributed by atoms with Crippen molar-refractivity contribution in [2.75, 3.05) is 20.6 Å². The van der Waals surface area contributed by atoms with E-state index in [1.54, 1.807) is 6.92 Å². The summed E-state index contributed by atoms with van der Waals surface area (Å²) in [6.45, 7) is 3.75. The van der Waals surface area contributed by atoms with E-state index in [1.807, 2.05) is 25.9 Å². The molecule has 6 nitrogen and oxygen atoms in total. The zero-order valence-electron chi connectivity index (χ0n) is 11.3. The van der Waals surface area contributed by atoms with Gasteiger partial charge in [0.05, 0.1) is 0 Å². The van der Waals surface area contributed by atoms with Crippen molar-refractivity contribution in [2.45, 2.75) is 24.1 Å². The molecule has 1 aromatic rings. The van der Waals surface area contributed by atoms with Gasteiger partial charge in [0, 0.05) is 12.6 Å². The summed E-state index contributed by atoms with van der Waals surface area (Å²) in [5.41, 5.74) is 0.457. The van der Waals surface area contributed by atoms with Crippen LogP contribution in [-0.4, -0.2) is 51.1 Å². The van der Waals surface area contributed by atoms with E-state index < -0.39 is 16.0 Å². The van der Waals surface area contributed by atoms with Crippen LogP contribution in [0.1, 0.15) is 22.2 Å². The van der Waals surface area contributed by atoms with Crippen molar-refractivity contribution >= 4 is 27.3 Å². The standard InChI is InChI=1S/C11H18N2O4S2/c1-7-5-9(18-10(7)11(14)15)19(16,17)12-6-8(2)13(3)4/h5,8,12H,6H2,1-4H3,(H,14,15). The molecular weight excluding hydrogens is 288 g/mol. The molecule has 0 aliphatic carbocycles. The number of likely N-dealkylation sites (N-methyl/N-ethyl adjacent to an activating group) is 1. The largest absolute Gasteiger partial charge is 0.477 e. The van der Waals surface area contributed by atoms with Crippen LogP contribution in [0.4, 0.5) is 0 Å². The van der Waals surface area contributed by atoms with Crippen molar-refractivity contribution in [1.29, 1.82) is 0 Å². The zero-order chi connectivity index (χ0) is 14.8. The normalized spacial score (nSPS) is 13.7. The molecule has 0 saturated carbocycles. The number of sulfonamides is 1. The summed E-state index contributed by atoms with van der Waals surface area (Å²) in [5, 5.41) is 8.92. The molecule has 2 N–H and O–H groups in total. The van der Waals surface area contributed by atoms with Gasteiger partial charge in [-0.3, -0.25) is 0 Å². The van der Waals surface area contributed by atoms with Crippen molar-refractivity contribution in [3.63, 3.8) is 0 Å². The van der Waals surface area contributed by atoms with E-state index in [0.717, 1.165) is 11.3 Å². The van der Waals surface area contributed by atoms with Crippen molar-refractivity contribution in [2.24, 2.45) is 0 Å². The summed E-state index contributed by atoms with van der Waals surface area (Å²) < 4.78 is 26.6. The maximum Gasteiger partial charge on any atom is 0.346 e. The Kier molecular flexibility index (Phi) is 5.08. The fourth-order valence-electron chi connectivity index (χ4n) is 1.28. The molecule has 0 aliphatic rings. The predicted octanol–water partition coefficient (Wildman–Crippen LogP) is 0.983. The van der Waals surface area contributed by atoms with E-state index >= 15 is 0 Å². The molecule has 1 heterocycles. The molecular formula is C11H18N2O4S2. The van der Waals surface area contributed by atoms with Crippen LogP contribution in [0.25, 0.3) is 0 Å². The Morgan fingerprint density at radius 2 is 2.11 bits per heavy atom. The molecule has 108 valence electrons. The van der Waals surface area contributed by atoms with E-state index in [4.69, 9.17) is 5.11 Å². The van der Waals surface area contributed by atoms with E-state index in [-0.39, 0.29) is 21.7 Å². The SMILES string of the molecule is Cc1cc(S(=O)(=O)NCC(C)N(C)C)sc1C(=O)O. The average molecular weight is 306 g/mol. The number of hydrogen-bond donors (Lipinski definition) is 2. The monoisotopic (exact) mass is 306 g/mol. The molecule has 19 heavy (non-hydrogen) atoms. The molecule has 1 atom stereocenters. The Morgan fingerprint density at radius 3 is 2.53 bits per heavy atom. The lowest BCUT2D eigenvalue weighted by molar-refractivity contribution is 0.0701. The van der Waals surface area contributed by atoms with Gasteiger partial charge in [-0.2, -0.15) is 0 Å². The maximum atomic E-state index is 12.0. The highest BCUT2D eigenvalue weighted by atomic mass is 32.2. The Labute approximate surface area is 117 Å². The second-order valence-electron chi connectivity index (χ2n) is 4.55. The predicted molar refractivity (Wildman–Crippen MR) is 74.4 cm³/mol. The number of thiophene rings is 1.